The van der Waals surface area contributed by atoms with Crippen molar-refractivity contribution in [3.8, 4) is 11.5 Å². The smallest absolute Gasteiger partial charge is 0.326 e. The number of methoxy groups -OCH3 is 1. The highest BCUT2D eigenvalue weighted by Gasteiger charge is 2.60. The van der Waals surface area contributed by atoms with Crippen molar-refractivity contribution in [2.45, 2.75) is 50.7 Å². The van der Waals surface area contributed by atoms with Crippen LogP contribution >= 0.6 is 23.2 Å². The number of rotatable bonds is 10. The zero-order chi connectivity index (χ0) is 39.1. The van der Waals surface area contributed by atoms with Gasteiger partial charge >= 0.3 is 6.03 Å². The summed E-state index contributed by atoms with van der Waals surface area (Å²) >= 11 is 12.6. The van der Waals surface area contributed by atoms with Crippen LogP contribution in [0.1, 0.15) is 49.0 Å². The highest BCUT2D eigenvalue weighted by molar-refractivity contribution is 6.30. The van der Waals surface area contributed by atoms with Gasteiger partial charge in [-0.3, -0.25) is 24.3 Å². The Morgan fingerprint density at radius 1 is 0.945 bits per heavy atom. The number of Topliss-reactive ketones (excluding diaryl/α,β-unsaturated/α-hetero) is 1. The molecule has 4 aliphatic rings. The number of amides is 4. The van der Waals surface area contributed by atoms with Gasteiger partial charge in [0.1, 0.15) is 35.7 Å². The number of nitrogens with one attached hydrogen (secondary N) is 1. The summed E-state index contributed by atoms with van der Waals surface area (Å²) in [6.45, 7) is 4.34. The van der Waals surface area contributed by atoms with Gasteiger partial charge < -0.3 is 34.8 Å². The lowest BCUT2D eigenvalue weighted by Crippen LogP contribution is -2.57. The molecule has 0 radical (unpaired) electrons. The van der Waals surface area contributed by atoms with E-state index in [9.17, 15) is 29.4 Å². The maximum absolute atomic E-state index is 14.9. The van der Waals surface area contributed by atoms with Crippen LogP contribution in [-0.2, 0) is 14.4 Å². The highest BCUT2D eigenvalue weighted by Crippen LogP contribution is 2.47. The monoisotopic (exact) mass is 791 g/mol. The van der Waals surface area contributed by atoms with E-state index in [2.05, 4.69) is 5.32 Å². The summed E-state index contributed by atoms with van der Waals surface area (Å²) in [5, 5.41) is 24.2. The third-order valence-electron chi connectivity index (χ3n) is 10.9. The number of aliphatic imine (C=N–C) groups is 1. The Balaban J connectivity index is 1.14. The maximum atomic E-state index is 14.9. The molecule has 3 aromatic rings. The van der Waals surface area contributed by atoms with E-state index in [0.717, 1.165) is 11.1 Å². The number of carbonyl (C=O) groups is 4. The van der Waals surface area contributed by atoms with Crippen molar-refractivity contribution in [2.24, 2.45) is 22.7 Å². The van der Waals surface area contributed by atoms with Crippen molar-refractivity contribution < 1.29 is 38.9 Å². The van der Waals surface area contributed by atoms with Gasteiger partial charge in [0.2, 0.25) is 11.8 Å². The summed E-state index contributed by atoms with van der Waals surface area (Å²) in [5.74, 6) is -1.95. The molecule has 0 aromatic heterocycles. The van der Waals surface area contributed by atoms with Crippen LogP contribution in [0.2, 0.25) is 10.0 Å². The van der Waals surface area contributed by atoms with Crippen molar-refractivity contribution >= 4 is 52.7 Å². The SMILES string of the molecule is COc1ccc(C2=N[C@@H](c3ccc(Cl)cc3)[C@@H](c3ccc(Cl)cc3)N2C(=O)N2CCN(CCNC(=O)[C@H]3C[C@@H]4C(=O)C3[C@H](O)[C@@H]4O)C(=O)C2)c(OC(C)C)c1. The molecule has 1 saturated heterocycles. The van der Waals surface area contributed by atoms with Gasteiger partial charge in [-0.1, -0.05) is 47.5 Å². The number of piperazine rings is 1. The second kappa shape index (κ2) is 15.8. The molecule has 13 nitrogen and oxygen atoms in total. The van der Waals surface area contributed by atoms with E-state index in [0.29, 0.717) is 32.9 Å². The first-order valence-corrected chi connectivity index (χ1v) is 19.1. The van der Waals surface area contributed by atoms with Gasteiger partial charge in [-0.05, 0) is 67.8 Å². The van der Waals surface area contributed by atoms with Gasteiger partial charge in [-0.15, -0.1) is 0 Å². The Morgan fingerprint density at radius 3 is 2.22 bits per heavy atom. The number of carbonyl (C=O) groups excluding carboxylic acids is 4. The molecule has 2 heterocycles. The van der Waals surface area contributed by atoms with Gasteiger partial charge in [-0.2, -0.15) is 0 Å². The second-order valence-electron chi connectivity index (χ2n) is 14.6. The molecule has 2 aliphatic carbocycles. The Labute approximate surface area is 328 Å². The predicted molar refractivity (Wildman–Crippen MR) is 204 cm³/mol. The number of aliphatic hydroxyl groups is 2. The molecule has 3 fully saturated rings. The Hall–Kier alpha value is -4.69. The fourth-order valence-corrected chi connectivity index (χ4v) is 8.39. The van der Waals surface area contributed by atoms with Crippen LogP contribution in [0.4, 0.5) is 4.79 Å². The molecule has 2 saturated carbocycles. The number of amidine groups is 1. The van der Waals surface area contributed by atoms with Crippen LogP contribution in [0.5, 0.6) is 11.5 Å². The van der Waals surface area contributed by atoms with Crippen molar-refractivity contribution in [1.29, 1.82) is 0 Å². The van der Waals surface area contributed by atoms with E-state index in [1.165, 1.54) is 4.90 Å². The normalized spacial score (nSPS) is 26.1. The molecule has 15 heteroatoms. The number of aliphatic hydroxyl groups excluding tert-OH is 2. The molecule has 55 heavy (non-hydrogen) atoms. The first-order chi connectivity index (χ1) is 26.4. The molecule has 0 spiro atoms. The molecular formula is C40H43Cl2N5O8. The van der Waals surface area contributed by atoms with E-state index in [-0.39, 0.29) is 56.9 Å². The van der Waals surface area contributed by atoms with E-state index in [1.54, 1.807) is 53.3 Å². The summed E-state index contributed by atoms with van der Waals surface area (Å²) in [7, 11) is 1.56. The van der Waals surface area contributed by atoms with E-state index < -0.39 is 54.0 Å². The van der Waals surface area contributed by atoms with Crippen molar-refractivity contribution in [1.82, 2.24) is 20.0 Å². The van der Waals surface area contributed by atoms with Gasteiger partial charge in [0.15, 0.2) is 0 Å². The molecule has 3 aromatic carbocycles. The number of nitrogens with zero attached hydrogens (tertiary/aromatic N) is 4. The van der Waals surface area contributed by atoms with Crippen molar-refractivity contribution in [3.05, 3.63) is 93.5 Å². The fraction of sp³-hybridized carbons (Fsp3) is 0.425. The lowest BCUT2D eigenvalue weighted by molar-refractivity contribution is -0.136. The summed E-state index contributed by atoms with van der Waals surface area (Å²) in [6, 6.07) is 18.3. The van der Waals surface area contributed by atoms with Gasteiger partial charge in [0, 0.05) is 48.2 Å². The molecule has 3 N–H and O–H groups in total. The predicted octanol–water partition coefficient (Wildman–Crippen LogP) is 4.27. The van der Waals surface area contributed by atoms with Crippen LogP contribution in [0.15, 0.2) is 71.7 Å². The minimum atomic E-state index is -1.25. The quantitative estimate of drug-likeness (QED) is 0.275. The molecule has 7 rings (SSSR count). The number of fused-ring (bicyclic) bond motifs is 2. The molecule has 1 unspecified atom stereocenters. The summed E-state index contributed by atoms with van der Waals surface area (Å²) < 4.78 is 11.8. The molecule has 2 bridgehead atoms. The van der Waals surface area contributed by atoms with Crippen LogP contribution in [-0.4, -0.2) is 113 Å². The minimum Gasteiger partial charge on any atom is -0.497 e. The van der Waals surface area contributed by atoms with Gasteiger partial charge in [-0.25, -0.2) is 4.79 Å². The van der Waals surface area contributed by atoms with E-state index in [1.807, 2.05) is 44.2 Å². The third-order valence-corrected chi connectivity index (χ3v) is 11.4. The number of ether oxygens (including phenoxy) is 2. The number of halogens is 2. The first kappa shape index (κ1) is 38.6. The standard InChI is InChI=1S/C40H43Cl2N5O8/c1-21(2)55-30-18-26(54-3)12-13-27(30)38-44-33(22-4-8-24(41)9-5-22)34(23-6-10-25(42)11-7-23)47(38)40(53)46-17-16-45(31(48)20-46)15-14-43-39(52)28-19-29-35(49)32(28)37(51)36(29)50/h4-13,18,21,28-29,32-34,36-37,50-51H,14-17,19-20H2,1-3H3,(H,43,52)/t28-,29+,32?,33-,34+,36+,37-/m0/s1. The number of urea groups is 1. The zero-order valence-electron chi connectivity index (χ0n) is 30.6. The molecule has 4 amide bonds. The van der Waals surface area contributed by atoms with E-state index >= 15 is 0 Å². The summed E-state index contributed by atoms with van der Waals surface area (Å²) in [4.78, 5) is 63.8. The topological polar surface area (TPSA) is 161 Å². The van der Waals surface area contributed by atoms with Crippen LogP contribution in [0.25, 0.3) is 0 Å². The third kappa shape index (κ3) is 7.50. The number of hydrogen-bond donors (Lipinski definition) is 3. The number of benzene rings is 3. The van der Waals surface area contributed by atoms with Crippen LogP contribution < -0.4 is 14.8 Å². The fourth-order valence-electron chi connectivity index (χ4n) is 8.14. The average Bonchev–Trinajstić information content (AvgIpc) is 3.79. The molecule has 2 aliphatic heterocycles. The lowest BCUT2D eigenvalue weighted by Gasteiger charge is -2.38. The van der Waals surface area contributed by atoms with Crippen molar-refractivity contribution in [2.75, 3.05) is 39.8 Å². The molecule has 7 atom stereocenters. The van der Waals surface area contributed by atoms with Gasteiger partial charge in [0.05, 0.1) is 48.9 Å². The molecule has 290 valence electrons. The Bertz CT molecular complexity index is 1990. The molecular weight excluding hydrogens is 749 g/mol. The number of hydrogen-bond acceptors (Lipinski definition) is 9. The number of ketones is 1. The highest BCUT2D eigenvalue weighted by atomic mass is 35.5. The summed E-state index contributed by atoms with van der Waals surface area (Å²) in [5.41, 5.74) is 2.16. The first-order valence-electron chi connectivity index (χ1n) is 18.3. The second-order valence-corrected chi connectivity index (χ2v) is 15.5. The maximum Gasteiger partial charge on any atom is 0.326 e. The Morgan fingerprint density at radius 2 is 1.62 bits per heavy atom. The van der Waals surface area contributed by atoms with Crippen LogP contribution in [0.3, 0.4) is 0 Å². The summed E-state index contributed by atoms with van der Waals surface area (Å²) in [6.07, 6.45) is -2.42. The zero-order valence-corrected chi connectivity index (χ0v) is 32.1. The van der Waals surface area contributed by atoms with Gasteiger partial charge in [0.25, 0.3) is 0 Å². The minimum absolute atomic E-state index is 0.125. The largest absolute Gasteiger partial charge is 0.497 e. The lowest BCUT2D eigenvalue weighted by atomic mass is 9.84. The average molecular weight is 793 g/mol. The van der Waals surface area contributed by atoms with Crippen LogP contribution in [0, 0.1) is 17.8 Å². The van der Waals surface area contributed by atoms with E-state index in [4.69, 9.17) is 37.7 Å². The van der Waals surface area contributed by atoms with Crippen molar-refractivity contribution in [3.63, 3.8) is 0 Å². The Kier molecular flexibility index (Phi) is 11.1.